The number of hydrogen-bond acceptors (Lipinski definition) is 5. The zero-order valence-electron chi connectivity index (χ0n) is 37.3. The summed E-state index contributed by atoms with van der Waals surface area (Å²) in [6, 6.07) is -0.701. The van der Waals surface area contributed by atoms with Gasteiger partial charge in [-0.05, 0) is 44.9 Å². The zero-order chi connectivity index (χ0) is 41.0. The first kappa shape index (κ1) is 54.1. The maximum Gasteiger partial charge on any atom is 0.306 e. The van der Waals surface area contributed by atoms with E-state index in [1.165, 1.54) is 128 Å². The number of carbonyl (C=O) groups excluding carboxylic acids is 2. The second-order valence-electron chi connectivity index (χ2n) is 16.6. The number of esters is 1. The normalized spacial score (nSPS) is 13.6. The van der Waals surface area contributed by atoms with Crippen molar-refractivity contribution in [1.82, 2.24) is 5.32 Å². The number of aliphatic hydroxyl groups is 2. The van der Waals surface area contributed by atoms with Gasteiger partial charge in [0.15, 0.2) is 0 Å². The Morgan fingerprint density at radius 1 is 0.536 bits per heavy atom. The first-order valence-corrected chi connectivity index (χ1v) is 24.2. The van der Waals surface area contributed by atoms with E-state index in [4.69, 9.17) is 4.74 Å². The van der Waals surface area contributed by atoms with Gasteiger partial charge >= 0.3 is 5.97 Å². The van der Waals surface area contributed by atoms with Crippen LogP contribution in [0.4, 0.5) is 0 Å². The number of unbranched alkanes of at least 4 members (excludes halogenated alkanes) is 27. The molecule has 0 aromatic carbocycles. The highest BCUT2D eigenvalue weighted by atomic mass is 16.5. The molecule has 328 valence electrons. The van der Waals surface area contributed by atoms with E-state index < -0.39 is 18.2 Å². The summed E-state index contributed by atoms with van der Waals surface area (Å²) in [6.45, 7) is 6.34. The highest BCUT2D eigenvalue weighted by Crippen LogP contribution is 2.18. The largest absolute Gasteiger partial charge is 0.462 e. The molecule has 1 amide bonds. The highest BCUT2D eigenvalue weighted by molar-refractivity contribution is 5.77. The fourth-order valence-corrected chi connectivity index (χ4v) is 7.37. The lowest BCUT2D eigenvalue weighted by Gasteiger charge is -2.24. The monoisotopic (exact) mass is 788 g/mol. The van der Waals surface area contributed by atoms with Crippen LogP contribution in [0.5, 0.6) is 0 Å². The maximum atomic E-state index is 13.1. The summed E-state index contributed by atoms with van der Waals surface area (Å²) >= 11 is 0. The van der Waals surface area contributed by atoms with Gasteiger partial charge in [-0.3, -0.25) is 9.59 Å². The Labute approximate surface area is 347 Å². The smallest absolute Gasteiger partial charge is 0.306 e. The molecule has 3 unspecified atom stereocenters. The molecule has 0 aromatic heterocycles. The van der Waals surface area contributed by atoms with Gasteiger partial charge in [0.05, 0.1) is 25.2 Å². The Morgan fingerprint density at radius 3 is 1.45 bits per heavy atom. The van der Waals surface area contributed by atoms with Gasteiger partial charge in [0.1, 0.15) is 6.10 Å². The quantitative estimate of drug-likeness (QED) is 0.0325. The summed E-state index contributed by atoms with van der Waals surface area (Å²) in [7, 11) is 0. The predicted octanol–water partition coefficient (Wildman–Crippen LogP) is 14.1. The fraction of sp³-hybridized carbons (Fsp3) is 0.840. The Balaban J connectivity index is 4.56. The molecule has 0 aromatic rings. The van der Waals surface area contributed by atoms with Crippen LogP contribution in [0, 0.1) is 0 Å². The van der Waals surface area contributed by atoms with E-state index in [1.54, 1.807) is 0 Å². The van der Waals surface area contributed by atoms with Crippen LogP contribution in [0.3, 0.4) is 0 Å². The van der Waals surface area contributed by atoms with Crippen LogP contribution in [-0.2, 0) is 14.3 Å². The number of aliphatic hydroxyl groups excluding tert-OH is 2. The van der Waals surface area contributed by atoms with Crippen LogP contribution in [0.1, 0.15) is 245 Å². The topological polar surface area (TPSA) is 95.9 Å². The fourth-order valence-electron chi connectivity index (χ4n) is 7.37. The molecule has 3 N–H and O–H groups in total. The summed E-state index contributed by atoms with van der Waals surface area (Å²) in [5.74, 6) is -0.491. The third kappa shape index (κ3) is 38.9. The van der Waals surface area contributed by atoms with E-state index in [0.717, 1.165) is 70.6 Å². The number of ether oxygens (including phenoxy) is 1. The molecule has 0 spiro atoms. The van der Waals surface area contributed by atoms with Crippen molar-refractivity contribution in [2.24, 2.45) is 0 Å². The molecular weight excluding hydrogens is 695 g/mol. The summed E-state index contributed by atoms with van der Waals surface area (Å²) in [5, 5.41) is 23.7. The van der Waals surface area contributed by atoms with Gasteiger partial charge in [-0.25, -0.2) is 0 Å². The van der Waals surface area contributed by atoms with Crippen LogP contribution < -0.4 is 5.32 Å². The second-order valence-corrected chi connectivity index (χ2v) is 16.6. The second kappa shape index (κ2) is 44.2. The van der Waals surface area contributed by atoms with Crippen molar-refractivity contribution in [2.45, 2.75) is 264 Å². The lowest BCUT2D eigenvalue weighted by molar-refractivity contribution is -0.151. The SMILES string of the molecule is CC/C=C/C=C/C=C\CCCCCCCC(=O)OC(CCCCCCCCCCCCC)CC(=O)NC(CO)C(O)CCCCCCCCCCCCCCC. The van der Waals surface area contributed by atoms with Crippen molar-refractivity contribution < 1.29 is 24.5 Å². The Morgan fingerprint density at radius 2 is 0.964 bits per heavy atom. The predicted molar refractivity (Wildman–Crippen MR) is 241 cm³/mol. The molecule has 0 saturated carbocycles. The summed E-state index contributed by atoms with van der Waals surface area (Å²) in [4.78, 5) is 26.0. The van der Waals surface area contributed by atoms with Crippen LogP contribution in [0.15, 0.2) is 36.5 Å². The van der Waals surface area contributed by atoms with Crippen LogP contribution in [0.2, 0.25) is 0 Å². The number of carbonyl (C=O) groups is 2. The van der Waals surface area contributed by atoms with Crippen molar-refractivity contribution in [3.63, 3.8) is 0 Å². The van der Waals surface area contributed by atoms with E-state index in [2.05, 4.69) is 62.5 Å². The van der Waals surface area contributed by atoms with E-state index in [9.17, 15) is 19.8 Å². The first-order chi connectivity index (χ1) is 27.5. The van der Waals surface area contributed by atoms with Crippen molar-refractivity contribution in [2.75, 3.05) is 6.61 Å². The highest BCUT2D eigenvalue weighted by Gasteiger charge is 2.24. The van der Waals surface area contributed by atoms with E-state index in [-0.39, 0.29) is 24.9 Å². The molecule has 3 atom stereocenters. The maximum absolute atomic E-state index is 13.1. The minimum atomic E-state index is -0.787. The van der Waals surface area contributed by atoms with Gasteiger partial charge in [0.2, 0.25) is 5.91 Å². The van der Waals surface area contributed by atoms with Crippen LogP contribution in [0.25, 0.3) is 0 Å². The summed E-state index contributed by atoms with van der Waals surface area (Å²) in [6.07, 6.45) is 50.6. The molecule has 0 bridgehead atoms. The minimum Gasteiger partial charge on any atom is -0.462 e. The Bertz CT molecular complexity index is 930. The lowest BCUT2D eigenvalue weighted by Crippen LogP contribution is -2.46. The van der Waals surface area contributed by atoms with Gasteiger partial charge in [-0.1, -0.05) is 224 Å². The molecule has 0 fully saturated rings. The number of allylic oxidation sites excluding steroid dienone is 6. The molecular formula is C50H93NO5. The molecule has 6 heteroatoms. The van der Waals surface area contributed by atoms with Gasteiger partial charge in [-0.15, -0.1) is 0 Å². The molecule has 0 rings (SSSR count). The van der Waals surface area contributed by atoms with Gasteiger partial charge < -0.3 is 20.3 Å². The van der Waals surface area contributed by atoms with Crippen molar-refractivity contribution in [1.29, 1.82) is 0 Å². The third-order valence-corrected chi connectivity index (χ3v) is 11.0. The van der Waals surface area contributed by atoms with E-state index in [0.29, 0.717) is 19.3 Å². The molecule has 0 saturated heterocycles. The summed E-state index contributed by atoms with van der Waals surface area (Å²) < 4.78 is 5.90. The average Bonchev–Trinajstić information content (AvgIpc) is 3.19. The molecule has 56 heavy (non-hydrogen) atoms. The van der Waals surface area contributed by atoms with Crippen molar-refractivity contribution in [3.8, 4) is 0 Å². The van der Waals surface area contributed by atoms with Crippen LogP contribution in [-0.4, -0.2) is 46.9 Å². The van der Waals surface area contributed by atoms with Gasteiger partial charge in [0, 0.05) is 6.42 Å². The van der Waals surface area contributed by atoms with E-state index >= 15 is 0 Å². The average molecular weight is 788 g/mol. The number of hydrogen-bond donors (Lipinski definition) is 3. The summed E-state index contributed by atoms with van der Waals surface area (Å²) in [5.41, 5.74) is 0. The molecule has 0 aliphatic carbocycles. The number of rotatable bonds is 43. The third-order valence-electron chi connectivity index (χ3n) is 11.0. The standard InChI is InChI=1S/C50H93NO5/c1-4-7-10-13-16-19-22-24-27-30-33-36-39-42-48(53)47(45-52)51-49(54)44-46(41-38-35-32-29-26-21-18-15-12-9-6-3)56-50(55)43-40-37-34-31-28-25-23-20-17-14-11-8-5-2/h8,11,14,17,20,23,46-48,52-53H,4-7,9-10,12-13,15-16,18-19,21-22,24-45H2,1-3H3,(H,51,54)/b11-8+,17-14+,23-20-. The lowest BCUT2D eigenvalue weighted by atomic mass is 10.0. The van der Waals surface area contributed by atoms with Crippen molar-refractivity contribution >= 4 is 11.9 Å². The first-order valence-electron chi connectivity index (χ1n) is 24.2. The zero-order valence-corrected chi connectivity index (χ0v) is 37.3. The number of amides is 1. The van der Waals surface area contributed by atoms with Gasteiger partial charge in [-0.2, -0.15) is 0 Å². The molecule has 6 nitrogen and oxygen atoms in total. The molecule has 0 radical (unpaired) electrons. The van der Waals surface area contributed by atoms with Crippen molar-refractivity contribution in [3.05, 3.63) is 36.5 Å². The Kier molecular flexibility index (Phi) is 42.7. The molecule has 0 aliphatic rings. The van der Waals surface area contributed by atoms with E-state index in [1.807, 2.05) is 0 Å². The molecule has 0 heterocycles. The van der Waals surface area contributed by atoms with Gasteiger partial charge in [0.25, 0.3) is 0 Å². The van der Waals surface area contributed by atoms with Crippen LogP contribution >= 0.6 is 0 Å². The Hall–Kier alpha value is -1.92. The minimum absolute atomic E-state index is 0.0725. The number of nitrogens with one attached hydrogen (secondary N) is 1. The molecule has 0 aliphatic heterocycles.